The summed E-state index contributed by atoms with van der Waals surface area (Å²) in [6, 6.07) is 7.29. The highest BCUT2D eigenvalue weighted by atomic mass is 16.6. The van der Waals surface area contributed by atoms with Gasteiger partial charge in [0.2, 0.25) is 0 Å². The molecule has 1 aromatic carbocycles. The number of fused-ring (bicyclic) bond motifs is 1. The number of rotatable bonds is 5. The number of hydrogen-bond acceptors (Lipinski definition) is 4. The fourth-order valence-corrected chi connectivity index (χ4v) is 1.98. The van der Waals surface area contributed by atoms with Gasteiger partial charge in [-0.1, -0.05) is 18.2 Å². The van der Waals surface area contributed by atoms with Crippen molar-refractivity contribution in [2.75, 3.05) is 14.1 Å². The molecule has 3 N–H and O–H groups in total. The highest BCUT2D eigenvalue weighted by Crippen LogP contribution is 2.19. The molecule has 1 heterocycles. The molecule has 1 aromatic heterocycles. The van der Waals surface area contributed by atoms with E-state index in [1.54, 1.807) is 0 Å². The molecule has 0 radical (unpaired) electrons. The van der Waals surface area contributed by atoms with Gasteiger partial charge in [-0.2, -0.15) is 0 Å². The number of aromatic amines is 1. The van der Waals surface area contributed by atoms with Gasteiger partial charge in [-0.05, 0) is 32.6 Å². The van der Waals surface area contributed by atoms with Gasteiger partial charge >= 0.3 is 5.97 Å². The molecule has 0 saturated heterocycles. The first-order valence-corrected chi connectivity index (χ1v) is 6.66. The van der Waals surface area contributed by atoms with E-state index < -0.39 is 6.04 Å². The van der Waals surface area contributed by atoms with E-state index in [4.69, 9.17) is 10.5 Å². The third kappa shape index (κ3) is 3.18. The van der Waals surface area contributed by atoms with Gasteiger partial charge < -0.3 is 15.5 Å². The Bertz CT molecular complexity index is 592. The monoisotopic (exact) mass is 275 g/mol. The van der Waals surface area contributed by atoms with Crippen molar-refractivity contribution in [3.05, 3.63) is 36.0 Å². The maximum absolute atomic E-state index is 11.9. The highest BCUT2D eigenvalue weighted by Gasteiger charge is 2.20. The van der Waals surface area contributed by atoms with Gasteiger partial charge in [-0.25, -0.2) is 0 Å². The van der Waals surface area contributed by atoms with Crippen molar-refractivity contribution in [1.82, 2.24) is 9.88 Å². The second-order valence-electron chi connectivity index (χ2n) is 5.17. The van der Waals surface area contributed by atoms with Crippen LogP contribution in [0.2, 0.25) is 0 Å². The SMILES string of the molecule is CC(OC(=O)[C@@H](N)Cc1c[nH]c2ccccc12)N(C)C. The zero-order valence-electron chi connectivity index (χ0n) is 12.1. The summed E-state index contributed by atoms with van der Waals surface area (Å²) in [5.41, 5.74) is 8.02. The Morgan fingerprint density at radius 2 is 2.10 bits per heavy atom. The van der Waals surface area contributed by atoms with Gasteiger partial charge in [-0.15, -0.1) is 0 Å². The average molecular weight is 275 g/mol. The summed E-state index contributed by atoms with van der Waals surface area (Å²) >= 11 is 0. The molecule has 0 fully saturated rings. The molecule has 20 heavy (non-hydrogen) atoms. The molecule has 5 heteroatoms. The predicted octanol–water partition coefficient (Wildman–Crippen LogP) is 1.49. The Hall–Kier alpha value is -1.85. The van der Waals surface area contributed by atoms with Crippen LogP contribution >= 0.6 is 0 Å². The normalized spacial score (nSPS) is 14.4. The van der Waals surface area contributed by atoms with Crippen LogP contribution in [-0.2, 0) is 16.0 Å². The lowest BCUT2D eigenvalue weighted by molar-refractivity contribution is -0.156. The van der Waals surface area contributed by atoms with Gasteiger partial charge in [-0.3, -0.25) is 9.69 Å². The standard InChI is InChI=1S/C15H21N3O2/c1-10(18(2)3)20-15(19)13(16)8-11-9-17-14-7-5-4-6-12(11)14/h4-7,9-10,13,17H,8,16H2,1-3H3/t10?,13-/m0/s1. The number of H-pyrrole nitrogens is 1. The first kappa shape index (κ1) is 14.6. The molecule has 0 aliphatic carbocycles. The van der Waals surface area contributed by atoms with E-state index >= 15 is 0 Å². The van der Waals surface area contributed by atoms with Crippen LogP contribution in [0, 0.1) is 0 Å². The summed E-state index contributed by atoms with van der Waals surface area (Å²) in [7, 11) is 3.70. The summed E-state index contributed by atoms with van der Waals surface area (Å²) in [4.78, 5) is 16.9. The minimum Gasteiger partial charge on any atom is -0.445 e. The van der Waals surface area contributed by atoms with Crippen LogP contribution in [0.1, 0.15) is 12.5 Å². The Labute approximate surface area is 118 Å². The predicted molar refractivity (Wildman–Crippen MR) is 79.2 cm³/mol. The van der Waals surface area contributed by atoms with E-state index in [0.717, 1.165) is 16.5 Å². The van der Waals surface area contributed by atoms with Crippen LogP contribution in [0.4, 0.5) is 0 Å². The van der Waals surface area contributed by atoms with Crippen LogP contribution in [0.3, 0.4) is 0 Å². The topological polar surface area (TPSA) is 71.3 Å². The summed E-state index contributed by atoms with van der Waals surface area (Å²) in [6.07, 6.45) is 2.08. The average Bonchev–Trinajstić information content (AvgIpc) is 2.82. The van der Waals surface area contributed by atoms with Crippen molar-refractivity contribution < 1.29 is 9.53 Å². The number of esters is 1. The van der Waals surface area contributed by atoms with Gasteiger partial charge in [0, 0.05) is 23.5 Å². The van der Waals surface area contributed by atoms with E-state index in [1.165, 1.54) is 0 Å². The molecule has 0 spiro atoms. The molecule has 0 saturated carbocycles. The molecule has 2 atom stereocenters. The number of aromatic nitrogens is 1. The lowest BCUT2D eigenvalue weighted by atomic mass is 10.1. The van der Waals surface area contributed by atoms with Crippen molar-refractivity contribution >= 4 is 16.9 Å². The molecular weight excluding hydrogens is 254 g/mol. The van der Waals surface area contributed by atoms with Crippen molar-refractivity contribution in [2.24, 2.45) is 5.73 Å². The van der Waals surface area contributed by atoms with Crippen LogP contribution in [-0.4, -0.2) is 42.2 Å². The Morgan fingerprint density at radius 1 is 1.40 bits per heavy atom. The van der Waals surface area contributed by atoms with Gasteiger partial charge in [0.25, 0.3) is 0 Å². The third-order valence-corrected chi connectivity index (χ3v) is 3.43. The van der Waals surface area contributed by atoms with Crippen molar-refractivity contribution in [2.45, 2.75) is 25.6 Å². The minimum absolute atomic E-state index is 0.281. The molecule has 2 rings (SSSR count). The summed E-state index contributed by atoms with van der Waals surface area (Å²) in [5.74, 6) is -0.378. The molecule has 108 valence electrons. The Morgan fingerprint density at radius 3 is 2.80 bits per heavy atom. The number of nitrogens with two attached hydrogens (primary N) is 1. The number of carbonyl (C=O) groups excluding carboxylic acids is 1. The Balaban J connectivity index is 2.04. The zero-order valence-corrected chi connectivity index (χ0v) is 12.1. The van der Waals surface area contributed by atoms with Crippen molar-refractivity contribution in [3.63, 3.8) is 0 Å². The molecule has 1 unspecified atom stereocenters. The number of para-hydroxylation sites is 1. The molecule has 0 bridgehead atoms. The number of carbonyl (C=O) groups is 1. The fourth-order valence-electron chi connectivity index (χ4n) is 1.98. The molecule has 0 aliphatic rings. The van der Waals surface area contributed by atoms with Crippen LogP contribution in [0.5, 0.6) is 0 Å². The highest BCUT2D eigenvalue weighted by molar-refractivity contribution is 5.84. The number of nitrogens with one attached hydrogen (secondary N) is 1. The smallest absolute Gasteiger partial charge is 0.324 e. The number of ether oxygens (including phenoxy) is 1. The van der Waals surface area contributed by atoms with E-state index in [2.05, 4.69) is 4.98 Å². The largest absolute Gasteiger partial charge is 0.445 e. The number of nitrogens with zero attached hydrogens (tertiary/aromatic N) is 1. The minimum atomic E-state index is -0.656. The van der Waals surface area contributed by atoms with Crippen LogP contribution < -0.4 is 5.73 Å². The summed E-state index contributed by atoms with van der Waals surface area (Å²) in [6.45, 7) is 1.82. The maximum Gasteiger partial charge on any atom is 0.324 e. The molecular formula is C15H21N3O2. The van der Waals surface area contributed by atoms with Crippen molar-refractivity contribution in [1.29, 1.82) is 0 Å². The second kappa shape index (κ2) is 6.07. The molecule has 0 aliphatic heterocycles. The molecule has 2 aromatic rings. The van der Waals surface area contributed by atoms with Crippen LogP contribution in [0.25, 0.3) is 10.9 Å². The van der Waals surface area contributed by atoms with Crippen LogP contribution in [0.15, 0.2) is 30.5 Å². The molecule has 0 amide bonds. The lowest BCUT2D eigenvalue weighted by Crippen LogP contribution is -2.39. The zero-order chi connectivity index (χ0) is 14.7. The van der Waals surface area contributed by atoms with E-state index in [1.807, 2.05) is 56.4 Å². The van der Waals surface area contributed by atoms with E-state index in [0.29, 0.717) is 6.42 Å². The number of benzene rings is 1. The van der Waals surface area contributed by atoms with E-state index in [9.17, 15) is 4.79 Å². The fraction of sp³-hybridized carbons (Fsp3) is 0.400. The Kier molecular flexibility index (Phi) is 4.42. The lowest BCUT2D eigenvalue weighted by Gasteiger charge is -2.21. The van der Waals surface area contributed by atoms with Crippen molar-refractivity contribution in [3.8, 4) is 0 Å². The maximum atomic E-state index is 11.9. The third-order valence-electron chi connectivity index (χ3n) is 3.43. The number of hydrogen-bond donors (Lipinski definition) is 2. The van der Waals surface area contributed by atoms with E-state index in [-0.39, 0.29) is 12.2 Å². The van der Waals surface area contributed by atoms with Gasteiger partial charge in [0.15, 0.2) is 6.23 Å². The van der Waals surface area contributed by atoms with Gasteiger partial charge in [0.05, 0.1) is 0 Å². The molecule has 5 nitrogen and oxygen atoms in total. The quantitative estimate of drug-likeness (QED) is 0.640. The van der Waals surface area contributed by atoms with Gasteiger partial charge in [0.1, 0.15) is 6.04 Å². The second-order valence-corrected chi connectivity index (χ2v) is 5.17. The first-order chi connectivity index (χ1) is 9.49. The summed E-state index contributed by atoms with van der Waals surface area (Å²) < 4.78 is 5.29. The first-order valence-electron chi connectivity index (χ1n) is 6.66. The summed E-state index contributed by atoms with van der Waals surface area (Å²) in [5, 5.41) is 1.09.